The van der Waals surface area contributed by atoms with Crippen LogP contribution in [0.3, 0.4) is 0 Å². The third kappa shape index (κ3) is 1.56. The van der Waals surface area contributed by atoms with Gasteiger partial charge >= 0.3 is 0 Å². The van der Waals surface area contributed by atoms with Crippen molar-refractivity contribution in [1.82, 2.24) is 0 Å². The van der Waals surface area contributed by atoms with Gasteiger partial charge < -0.3 is 10.8 Å². The molecule has 1 aliphatic carbocycles. The van der Waals surface area contributed by atoms with E-state index in [0.29, 0.717) is 6.54 Å². The Balaban J connectivity index is 2.39. The first-order valence-electron chi connectivity index (χ1n) is 5.27. The van der Waals surface area contributed by atoms with Crippen LogP contribution in [0.1, 0.15) is 36.8 Å². The van der Waals surface area contributed by atoms with Gasteiger partial charge in [-0.3, -0.25) is 0 Å². The van der Waals surface area contributed by atoms with Crippen molar-refractivity contribution in [3.63, 3.8) is 0 Å². The summed E-state index contributed by atoms with van der Waals surface area (Å²) in [5.74, 6) is 0. The summed E-state index contributed by atoms with van der Waals surface area (Å²) in [5.41, 5.74) is 7.19. The molecule has 0 bridgehead atoms. The van der Waals surface area contributed by atoms with Crippen molar-refractivity contribution in [1.29, 1.82) is 0 Å². The average Bonchev–Trinajstić information content (AvgIpc) is 2.66. The van der Waals surface area contributed by atoms with Crippen LogP contribution in [0.25, 0.3) is 0 Å². The van der Waals surface area contributed by atoms with Crippen molar-refractivity contribution in [2.45, 2.75) is 37.8 Å². The lowest BCUT2D eigenvalue weighted by Crippen LogP contribution is -2.23. The first-order valence-corrected chi connectivity index (χ1v) is 5.27. The fraction of sp³-hybridized carbons (Fsp3) is 0.500. The van der Waals surface area contributed by atoms with Crippen LogP contribution in [0.5, 0.6) is 0 Å². The van der Waals surface area contributed by atoms with Gasteiger partial charge in [-0.1, -0.05) is 37.1 Å². The van der Waals surface area contributed by atoms with E-state index < -0.39 is 5.60 Å². The molecule has 2 rings (SSSR count). The lowest BCUT2D eigenvalue weighted by atomic mass is 9.88. The summed E-state index contributed by atoms with van der Waals surface area (Å²) < 4.78 is 0. The van der Waals surface area contributed by atoms with Gasteiger partial charge in [0.05, 0.1) is 5.60 Å². The van der Waals surface area contributed by atoms with Gasteiger partial charge in [-0.15, -0.1) is 0 Å². The zero-order valence-corrected chi connectivity index (χ0v) is 8.37. The molecule has 0 atom stereocenters. The molecule has 0 amide bonds. The Morgan fingerprint density at radius 1 is 1.21 bits per heavy atom. The summed E-state index contributed by atoms with van der Waals surface area (Å²) in [4.78, 5) is 0. The second-order valence-electron chi connectivity index (χ2n) is 4.10. The summed E-state index contributed by atoms with van der Waals surface area (Å²) in [6.45, 7) is 0.512. The minimum absolute atomic E-state index is 0.512. The van der Waals surface area contributed by atoms with Crippen LogP contribution in [0.15, 0.2) is 24.3 Å². The molecule has 0 heterocycles. The van der Waals surface area contributed by atoms with E-state index in [4.69, 9.17) is 5.73 Å². The molecule has 1 aromatic carbocycles. The largest absolute Gasteiger partial charge is 0.385 e. The average molecular weight is 191 g/mol. The molecule has 76 valence electrons. The van der Waals surface area contributed by atoms with Crippen molar-refractivity contribution < 1.29 is 5.11 Å². The van der Waals surface area contributed by atoms with E-state index in [2.05, 4.69) is 0 Å². The van der Waals surface area contributed by atoms with Crippen molar-refractivity contribution in [3.8, 4) is 0 Å². The maximum atomic E-state index is 10.4. The van der Waals surface area contributed by atoms with Gasteiger partial charge in [0.2, 0.25) is 0 Å². The molecular weight excluding hydrogens is 174 g/mol. The van der Waals surface area contributed by atoms with Gasteiger partial charge in [0.15, 0.2) is 0 Å². The highest BCUT2D eigenvalue weighted by molar-refractivity contribution is 5.32. The standard InChI is InChI=1S/C12H17NO/c13-9-10-5-1-2-6-11(10)12(14)7-3-4-8-12/h1-2,5-6,14H,3-4,7-9,13H2. The first kappa shape index (κ1) is 9.69. The van der Waals surface area contributed by atoms with E-state index in [0.717, 1.165) is 36.8 Å². The van der Waals surface area contributed by atoms with Gasteiger partial charge in [-0.25, -0.2) is 0 Å². The number of rotatable bonds is 2. The molecule has 0 spiro atoms. The van der Waals surface area contributed by atoms with E-state index in [1.807, 2.05) is 24.3 Å². The topological polar surface area (TPSA) is 46.2 Å². The van der Waals surface area contributed by atoms with Crippen LogP contribution in [-0.4, -0.2) is 5.11 Å². The zero-order valence-electron chi connectivity index (χ0n) is 8.37. The predicted molar refractivity (Wildman–Crippen MR) is 56.7 cm³/mol. The highest BCUT2D eigenvalue weighted by atomic mass is 16.3. The number of hydrogen-bond donors (Lipinski definition) is 2. The fourth-order valence-corrected chi connectivity index (χ4v) is 2.38. The molecule has 0 aliphatic heterocycles. The monoisotopic (exact) mass is 191 g/mol. The van der Waals surface area contributed by atoms with Crippen LogP contribution in [-0.2, 0) is 12.1 Å². The van der Waals surface area contributed by atoms with Gasteiger partial charge in [-0.05, 0) is 24.0 Å². The Morgan fingerprint density at radius 2 is 1.86 bits per heavy atom. The normalized spacial score (nSPS) is 19.9. The molecule has 3 N–H and O–H groups in total. The molecule has 1 aliphatic rings. The molecule has 0 radical (unpaired) electrons. The Labute approximate surface area is 84.7 Å². The van der Waals surface area contributed by atoms with Gasteiger partial charge in [0.25, 0.3) is 0 Å². The summed E-state index contributed by atoms with van der Waals surface area (Å²) in [6.07, 6.45) is 4.00. The molecule has 0 aromatic heterocycles. The lowest BCUT2D eigenvalue weighted by molar-refractivity contribution is 0.0436. The maximum absolute atomic E-state index is 10.4. The van der Waals surface area contributed by atoms with Gasteiger partial charge in [0, 0.05) is 6.54 Å². The molecule has 0 unspecified atom stereocenters. The van der Waals surface area contributed by atoms with Crippen LogP contribution in [0.4, 0.5) is 0 Å². The summed E-state index contributed by atoms with van der Waals surface area (Å²) in [5, 5.41) is 10.4. The summed E-state index contributed by atoms with van der Waals surface area (Å²) in [6, 6.07) is 7.97. The molecular formula is C12H17NO. The van der Waals surface area contributed by atoms with Crippen molar-refractivity contribution in [3.05, 3.63) is 35.4 Å². The molecule has 1 aromatic rings. The molecule has 1 fully saturated rings. The van der Waals surface area contributed by atoms with E-state index in [1.165, 1.54) is 0 Å². The summed E-state index contributed by atoms with van der Waals surface area (Å²) >= 11 is 0. The third-order valence-electron chi connectivity index (χ3n) is 3.17. The van der Waals surface area contributed by atoms with E-state index in [9.17, 15) is 5.11 Å². The number of hydrogen-bond acceptors (Lipinski definition) is 2. The van der Waals surface area contributed by atoms with Gasteiger partial charge in [-0.2, -0.15) is 0 Å². The van der Waals surface area contributed by atoms with Crippen molar-refractivity contribution in [2.24, 2.45) is 5.73 Å². The van der Waals surface area contributed by atoms with Crippen molar-refractivity contribution in [2.75, 3.05) is 0 Å². The highest BCUT2D eigenvalue weighted by Crippen LogP contribution is 2.39. The minimum Gasteiger partial charge on any atom is -0.385 e. The Hall–Kier alpha value is -0.860. The predicted octanol–water partition coefficient (Wildman–Crippen LogP) is 1.91. The van der Waals surface area contributed by atoms with Crippen molar-refractivity contribution >= 4 is 0 Å². The van der Waals surface area contributed by atoms with Crippen LogP contribution < -0.4 is 5.73 Å². The minimum atomic E-state index is -0.601. The maximum Gasteiger partial charge on any atom is 0.0899 e. The molecule has 0 saturated heterocycles. The highest BCUT2D eigenvalue weighted by Gasteiger charge is 2.34. The number of nitrogens with two attached hydrogens (primary N) is 1. The fourth-order valence-electron chi connectivity index (χ4n) is 2.38. The zero-order chi connectivity index (χ0) is 10.0. The Morgan fingerprint density at radius 3 is 2.50 bits per heavy atom. The first-order chi connectivity index (χ1) is 6.76. The van der Waals surface area contributed by atoms with Crippen LogP contribution in [0.2, 0.25) is 0 Å². The summed E-state index contributed by atoms with van der Waals surface area (Å²) in [7, 11) is 0. The number of benzene rings is 1. The Kier molecular flexibility index (Phi) is 2.57. The van der Waals surface area contributed by atoms with Gasteiger partial charge in [0.1, 0.15) is 0 Å². The number of aliphatic hydroxyl groups is 1. The second-order valence-corrected chi connectivity index (χ2v) is 4.10. The second kappa shape index (κ2) is 3.71. The third-order valence-corrected chi connectivity index (χ3v) is 3.17. The SMILES string of the molecule is NCc1ccccc1C1(O)CCCC1. The molecule has 1 saturated carbocycles. The van der Waals surface area contributed by atoms with Crippen LogP contribution >= 0.6 is 0 Å². The van der Waals surface area contributed by atoms with E-state index >= 15 is 0 Å². The van der Waals surface area contributed by atoms with Crippen LogP contribution in [0, 0.1) is 0 Å². The van der Waals surface area contributed by atoms with E-state index in [-0.39, 0.29) is 0 Å². The quantitative estimate of drug-likeness (QED) is 0.750. The lowest BCUT2D eigenvalue weighted by Gasteiger charge is -2.25. The molecule has 2 nitrogen and oxygen atoms in total. The molecule has 14 heavy (non-hydrogen) atoms. The Bertz CT molecular complexity index is 316. The molecule has 2 heteroatoms. The smallest absolute Gasteiger partial charge is 0.0899 e. The van der Waals surface area contributed by atoms with E-state index in [1.54, 1.807) is 0 Å².